The smallest absolute Gasteiger partial charge is 0.238 e. The molecular formula is C41H31Br2NO6. The molecule has 7 nitrogen and oxygen atoms in total. The van der Waals surface area contributed by atoms with Gasteiger partial charge >= 0.3 is 0 Å². The van der Waals surface area contributed by atoms with Gasteiger partial charge in [-0.3, -0.25) is 24.1 Å². The van der Waals surface area contributed by atoms with Gasteiger partial charge in [0.25, 0.3) is 0 Å². The van der Waals surface area contributed by atoms with E-state index in [0.29, 0.717) is 32.4 Å². The van der Waals surface area contributed by atoms with E-state index in [2.05, 4.69) is 31.9 Å². The summed E-state index contributed by atoms with van der Waals surface area (Å²) in [6.07, 6.45) is 3.90. The zero-order chi connectivity index (χ0) is 34.9. The highest BCUT2D eigenvalue weighted by Crippen LogP contribution is 2.65. The predicted molar refractivity (Wildman–Crippen MR) is 196 cm³/mol. The number of nitrogens with zero attached hydrogens (tertiary/aromatic N) is 1. The first-order valence-corrected chi connectivity index (χ1v) is 18.1. The maximum absolute atomic E-state index is 15.2. The molecule has 4 aromatic carbocycles. The number of aromatic hydroxyl groups is 1. The number of allylic oxidation sites excluding steroid dienone is 4. The third kappa shape index (κ3) is 4.73. The molecule has 250 valence electrons. The van der Waals surface area contributed by atoms with Crippen LogP contribution in [-0.4, -0.2) is 35.6 Å². The van der Waals surface area contributed by atoms with Gasteiger partial charge in [0, 0.05) is 31.9 Å². The molecule has 9 heteroatoms. The molecule has 0 spiro atoms. The maximum atomic E-state index is 15.2. The number of carbonyl (C=O) groups excluding carboxylic acids is 4. The number of rotatable bonds is 5. The van der Waals surface area contributed by atoms with Crippen molar-refractivity contribution in [2.24, 2.45) is 23.7 Å². The average Bonchev–Trinajstić information content (AvgIpc) is 3.39. The number of phenols is 1. The number of imide groups is 1. The number of phenolic OH excluding ortho intramolecular Hbond substituents is 1. The Morgan fingerprint density at radius 1 is 0.820 bits per heavy atom. The SMILES string of the molecule is COc1cc(Br)cc([C@H]2C3=CC[C@@H]4C(=O)N(c5ccc(Br)cc5)C(=O)[C@@H]4[C@@H]3C[C@H]3C(=O)C(c4ccccc4)=CC(=O)[C@@]23c2ccccc2)c1O. The van der Waals surface area contributed by atoms with Gasteiger partial charge in [0.05, 0.1) is 30.0 Å². The third-order valence-corrected chi connectivity index (χ3v) is 12.0. The van der Waals surface area contributed by atoms with Crippen molar-refractivity contribution in [3.63, 3.8) is 0 Å². The van der Waals surface area contributed by atoms with Crippen LogP contribution in [0, 0.1) is 23.7 Å². The minimum Gasteiger partial charge on any atom is -0.504 e. The van der Waals surface area contributed by atoms with Crippen molar-refractivity contribution in [3.8, 4) is 11.5 Å². The molecule has 1 aliphatic heterocycles. The highest BCUT2D eigenvalue weighted by molar-refractivity contribution is 9.10. The van der Waals surface area contributed by atoms with E-state index in [-0.39, 0.29) is 47.7 Å². The Hall–Kier alpha value is -4.60. The lowest BCUT2D eigenvalue weighted by Crippen LogP contribution is -2.58. The number of anilines is 1. The summed E-state index contributed by atoms with van der Waals surface area (Å²) in [6.45, 7) is 0. The molecule has 1 saturated carbocycles. The van der Waals surface area contributed by atoms with Gasteiger partial charge in [0.15, 0.2) is 23.1 Å². The summed E-state index contributed by atoms with van der Waals surface area (Å²) in [5, 5.41) is 11.9. The lowest BCUT2D eigenvalue weighted by molar-refractivity contribution is -0.135. The molecule has 2 fully saturated rings. The Morgan fingerprint density at radius 2 is 1.50 bits per heavy atom. The standard InChI is InChI=1S/C41H31Br2NO6/c1-50-33-19-25(43)18-31(38(33)47)36-27-16-17-28-35(40(49)44(39(28)48)26-14-12-24(42)13-15-26)30(27)20-32-37(46)29(22-8-4-2-5-9-22)21-34(45)41(32,36)23-10-6-3-7-11-23/h2-16,18-19,21,28,30,32,35-36,47H,17,20H2,1H3/t28-,30+,32-,35-,36+,41-/m0/s1. The molecule has 2 amide bonds. The molecule has 0 unspecified atom stereocenters. The van der Waals surface area contributed by atoms with E-state index in [1.807, 2.05) is 66.7 Å². The zero-order valence-corrected chi connectivity index (χ0v) is 30.1. The summed E-state index contributed by atoms with van der Waals surface area (Å²) >= 11 is 7.03. The van der Waals surface area contributed by atoms with E-state index in [0.717, 1.165) is 10.0 Å². The van der Waals surface area contributed by atoms with Crippen LogP contribution < -0.4 is 9.64 Å². The van der Waals surface area contributed by atoms with Crippen molar-refractivity contribution in [3.05, 3.63) is 140 Å². The lowest BCUT2D eigenvalue weighted by atomic mass is 9.44. The average molecular weight is 794 g/mol. The van der Waals surface area contributed by atoms with Crippen LogP contribution in [0.25, 0.3) is 5.57 Å². The van der Waals surface area contributed by atoms with Crippen LogP contribution in [0.2, 0.25) is 0 Å². The number of carbonyl (C=O) groups is 4. The second kappa shape index (κ2) is 12.3. The number of fused-ring (bicyclic) bond motifs is 4. The van der Waals surface area contributed by atoms with Crippen LogP contribution in [0.1, 0.15) is 35.4 Å². The molecule has 8 rings (SSSR count). The molecule has 3 aliphatic carbocycles. The predicted octanol–water partition coefficient (Wildman–Crippen LogP) is 7.95. The summed E-state index contributed by atoms with van der Waals surface area (Å²) in [5.41, 5.74) is 1.77. The van der Waals surface area contributed by atoms with Gasteiger partial charge in [0.2, 0.25) is 11.8 Å². The van der Waals surface area contributed by atoms with E-state index in [1.165, 1.54) is 18.1 Å². The summed E-state index contributed by atoms with van der Waals surface area (Å²) in [7, 11) is 1.46. The summed E-state index contributed by atoms with van der Waals surface area (Å²) in [6, 6.07) is 28.9. The topological polar surface area (TPSA) is 101 Å². The number of amides is 2. The fourth-order valence-corrected chi connectivity index (χ4v) is 9.75. The number of ether oxygens (including phenoxy) is 1. The number of Topliss-reactive ketones (excluding diaryl/α,β-unsaturated/α-hetero) is 1. The van der Waals surface area contributed by atoms with E-state index in [9.17, 15) is 14.7 Å². The molecule has 1 N–H and O–H groups in total. The second-order valence-electron chi connectivity index (χ2n) is 13.3. The number of hydrogen-bond donors (Lipinski definition) is 1. The van der Waals surface area contributed by atoms with Gasteiger partial charge in [-0.1, -0.05) is 104 Å². The van der Waals surface area contributed by atoms with Crippen molar-refractivity contribution >= 4 is 66.5 Å². The summed E-state index contributed by atoms with van der Waals surface area (Å²) < 4.78 is 7.02. The van der Waals surface area contributed by atoms with Crippen LogP contribution in [0.5, 0.6) is 11.5 Å². The number of methoxy groups -OCH3 is 1. The molecule has 0 bridgehead atoms. The largest absolute Gasteiger partial charge is 0.504 e. The van der Waals surface area contributed by atoms with Crippen molar-refractivity contribution in [2.75, 3.05) is 12.0 Å². The number of hydrogen-bond acceptors (Lipinski definition) is 6. The Labute approximate surface area is 305 Å². The van der Waals surface area contributed by atoms with Crippen molar-refractivity contribution in [1.29, 1.82) is 0 Å². The Kier molecular flexibility index (Phi) is 8.03. The highest BCUT2D eigenvalue weighted by Gasteiger charge is 2.66. The fraction of sp³-hybridized carbons (Fsp3) is 0.220. The quantitative estimate of drug-likeness (QED) is 0.163. The number of benzene rings is 4. The van der Waals surface area contributed by atoms with E-state index >= 15 is 9.59 Å². The third-order valence-electron chi connectivity index (χ3n) is 11.1. The molecule has 0 aromatic heterocycles. The van der Waals surface area contributed by atoms with E-state index < -0.39 is 35.0 Å². The molecular weight excluding hydrogens is 762 g/mol. The Morgan fingerprint density at radius 3 is 2.18 bits per heavy atom. The monoisotopic (exact) mass is 791 g/mol. The lowest BCUT2D eigenvalue weighted by Gasteiger charge is -2.55. The summed E-state index contributed by atoms with van der Waals surface area (Å²) in [5.74, 6) is -4.76. The first-order chi connectivity index (χ1) is 24.2. The molecule has 1 heterocycles. The zero-order valence-electron chi connectivity index (χ0n) is 26.9. The Balaban J connectivity index is 1.39. The molecule has 4 aliphatic rings. The van der Waals surface area contributed by atoms with Crippen LogP contribution in [0.3, 0.4) is 0 Å². The Bertz CT molecular complexity index is 2140. The normalized spacial score (nSPS) is 27.3. The molecule has 4 aromatic rings. The molecule has 0 radical (unpaired) electrons. The van der Waals surface area contributed by atoms with Gasteiger partial charge in [-0.2, -0.15) is 0 Å². The van der Waals surface area contributed by atoms with Gasteiger partial charge in [-0.15, -0.1) is 0 Å². The molecule has 50 heavy (non-hydrogen) atoms. The highest BCUT2D eigenvalue weighted by atomic mass is 79.9. The van der Waals surface area contributed by atoms with Crippen molar-refractivity contribution < 1.29 is 29.0 Å². The fourth-order valence-electron chi connectivity index (χ4n) is 9.03. The van der Waals surface area contributed by atoms with Crippen LogP contribution in [0.4, 0.5) is 5.69 Å². The second-order valence-corrected chi connectivity index (χ2v) is 15.2. The minimum atomic E-state index is -1.47. The summed E-state index contributed by atoms with van der Waals surface area (Å²) in [4.78, 5) is 60.1. The van der Waals surface area contributed by atoms with Crippen LogP contribution in [0.15, 0.2) is 124 Å². The maximum Gasteiger partial charge on any atom is 0.238 e. The first kappa shape index (κ1) is 32.6. The van der Waals surface area contributed by atoms with Crippen molar-refractivity contribution in [1.82, 2.24) is 0 Å². The minimum absolute atomic E-state index is 0.151. The van der Waals surface area contributed by atoms with Crippen molar-refractivity contribution in [2.45, 2.75) is 24.2 Å². The van der Waals surface area contributed by atoms with E-state index in [1.54, 1.807) is 36.4 Å². The number of halogens is 2. The molecule has 1 saturated heterocycles. The van der Waals surface area contributed by atoms with Gasteiger partial charge < -0.3 is 9.84 Å². The molecule has 6 atom stereocenters. The van der Waals surface area contributed by atoms with E-state index in [4.69, 9.17) is 4.74 Å². The van der Waals surface area contributed by atoms with Gasteiger partial charge in [-0.05, 0) is 72.4 Å². The van der Waals surface area contributed by atoms with Gasteiger partial charge in [0.1, 0.15) is 0 Å². The van der Waals surface area contributed by atoms with Gasteiger partial charge in [-0.25, -0.2) is 0 Å². The first-order valence-electron chi connectivity index (χ1n) is 16.5. The number of ketones is 2. The van der Waals surface area contributed by atoms with Crippen LogP contribution >= 0.6 is 31.9 Å². The van der Waals surface area contributed by atoms with Crippen LogP contribution in [-0.2, 0) is 24.6 Å².